The first-order valence-corrected chi connectivity index (χ1v) is 6.67. The van der Waals surface area contributed by atoms with E-state index in [-0.39, 0.29) is 5.92 Å². The Morgan fingerprint density at radius 3 is 2.76 bits per heavy atom. The molecule has 2 heteroatoms. The quantitative estimate of drug-likeness (QED) is 0.801. The van der Waals surface area contributed by atoms with Crippen molar-refractivity contribution in [3.63, 3.8) is 0 Å². The summed E-state index contributed by atoms with van der Waals surface area (Å²) in [5.74, 6) is 1.10. The van der Waals surface area contributed by atoms with Gasteiger partial charge in [0.15, 0.2) is 0 Å². The zero-order valence-electron chi connectivity index (χ0n) is 10.1. The molecule has 1 aliphatic carbocycles. The Hall–Kier alpha value is -1.15. The van der Waals surface area contributed by atoms with Crippen LogP contribution in [-0.2, 0) is 4.79 Å². The minimum atomic E-state index is 0.222. The molecule has 3 rings (SSSR count). The fourth-order valence-electron chi connectivity index (χ4n) is 3.40. The molecule has 2 aliphatic rings. The van der Waals surface area contributed by atoms with Crippen molar-refractivity contribution in [2.45, 2.75) is 37.6 Å². The number of benzene rings is 1. The minimum absolute atomic E-state index is 0.222. The molecule has 1 aromatic rings. The molecular formula is C15H19NO. The van der Waals surface area contributed by atoms with E-state index in [1.165, 1.54) is 18.4 Å². The smallest absolute Gasteiger partial charge is 0.138 e. The van der Waals surface area contributed by atoms with Crippen LogP contribution in [-0.4, -0.2) is 18.4 Å². The average molecular weight is 229 g/mol. The van der Waals surface area contributed by atoms with Crippen LogP contribution in [0.4, 0.5) is 0 Å². The van der Waals surface area contributed by atoms with Crippen LogP contribution in [0, 0.1) is 5.92 Å². The van der Waals surface area contributed by atoms with Crippen molar-refractivity contribution in [3.8, 4) is 0 Å². The first-order valence-electron chi connectivity index (χ1n) is 6.67. The van der Waals surface area contributed by atoms with Crippen LogP contribution in [0.1, 0.15) is 37.2 Å². The van der Waals surface area contributed by atoms with Gasteiger partial charge < -0.3 is 5.32 Å². The monoisotopic (exact) mass is 229 g/mol. The van der Waals surface area contributed by atoms with Gasteiger partial charge in [-0.05, 0) is 18.4 Å². The highest BCUT2D eigenvalue weighted by atomic mass is 16.1. The number of carbonyl (C=O) groups is 1. The van der Waals surface area contributed by atoms with Crippen LogP contribution in [0.25, 0.3) is 0 Å². The zero-order chi connectivity index (χ0) is 11.7. The standard InChI is InChI=1S/C15H19NO/c17-14-9-5-4-8-13-15(14)12(10-16-13)11-6-2-1-3-7-11/h1-3,6-7,12-13,15-16H,4-5,8-10H2/t12-,13+,15-/m1/s1. The molecule has 0 amide bonds. The van der Waals surface area contributed by atoms with E-state index in [2.05, 4.69) is 29.6 Å². The summed E-state index contributed by atoms with van der Waals surface area (Å²) in [7, 11) is 0. The molecule has 0 radical (unpaired) electrons. The molecular weight excluding hydrogens is 210 g/mol. The fourth-order valence-corrected chi connectivity index (χ4v) is 3.40. The summed E-state index contributed by atoms with van der Waals surface area (Å²) < 4.78 is 0. The molecule has 1 aliphatic heterocycles. The highest BCUT2D eigenvalue weighted by Gasteiger charge is 2.41. The number of Topliss-reactive ketones (excluding diaryl/α,β-unsaturated/α-hetero) is 1. The lowest BCUT2D eigenvalue weighted by molar-refractivity contribution is -0.123. The van der Waals surface area contributed by atoms with E-state index in [9.17, 15) is 4.79 Å². The molecule has 3 atom stereocenters. The molecule has 0 spiro atoms. The van der Waals surface area contributed by atoms with Crippen molar-refractivity contribution in [2.75, 3.05) is 6.54 Å². The van der Waals surface area contributed by atoms with Gasteiger partial charge in [-0.2, -0.15) is 0 Å². The predicted molar refractivity (Wildman–Crippen MR) is 67.9 cm³/mol. The number of hydrogen-bond donors (Lipinski definition) is 1. The Balaban J connectivity index is 1.89. The van der Waals surface area contributed by atoms with E-state index in [0.29, 0.717) is 17.7 Å². The molecule has 1 N–H and O–H groups in total. The average Bonchev–Trinajstić information content (AvgIpc) is 2.71. The SMILES string of the molecule is O=C1CCCC[C@@H]2NC[C@H](c3ccccc3)[C@@H]12. The molecule has 1 saturated heterocycles. The number of carbonyl (C=O) groups excluding carboxylic acids is 1. The summed E-state index contributed by atoms with van der Waals surface area (Å²) in [5, 5.41) is 3.56. The highest BCUT2D eigenvalue weighted by Crippen LogP contribution is 2.37. The first-order chi connectivity index (χ1) is 8.36. The number of rotatable bonds is 1. The van der Waals surface area contributed by atoms with Gasteiger partial charge in [0, 0.05) is 30.8 Å². The Kier molecular flexibility index (Phi) is 2.98. The van der Waals surface area contributed by atoms with Gasteiger partial charge in [0.1, 0.15) is 5.78 Å². The van der Waals surface area contributed by atoms with E-state index in [0.717, 1.165) is 19.4 Å². The van der Waals surface area contributed by atoms with Gasteiger partial charge in [-0.3, -0.25) is 4.79 Å². The van der Waals surface area contributed by atoms with Crippen LogP contribution in [0.3, 0.4) is 0 Å². The van der Waals surface area contributed by atoms with E-state index in [1.807, 2.05) is 6.07 Å². The molecule has 0 unspecified atom stereocenters. The first kappa shape index (κ1) is 11.0. The van der Waals surface area contributed by atoms with Gasteiger partial charge >= 0.3 is 0 Å². The summed E-state index contributed by atoms with van der Waals surface area (Å²) in [6.07, 6.45) is 4.22. The van der Waals surface area contributed by atoms with E-state index < -0.39 is 0 Å². The predicted octanol–water partition coefficient (Wildman–Crippen LogP) is 2.50. The Morgan fingerprint density at radius 2 is 1.94 bits per heavy atom. The summed E-state index contributed by atoms with van der Waals surface area (Å²) in [4.78, 5) is 12.2. The van der Waals surface area contributed by atoms with Gasteiger partial charge in [-0.15, -0.1) is 0 Å². The van der Waals surface area contributed by atoms with Crippen molar-refractivity contribution in [2.24, 2.45) is 5.92 Å². The third-order valence-corrected chi connectivity index (χ3v) is 4.25. The number of fused-ring (bicyclic) bond motifs is 1. The molecule has 2 nitrogen and oxygen atoms in total. The Bertz CT molecular complexity index is 401. The van der Waals surface area contributed by atoms with E-state index >= 15 is 0 Å². The van der Waals surface area contributed by atoms with Gasteiger partial charge in [0.2, 0.25) is 0 Å². The lowest BCUT2D eigenvalue weighted by Gasteiger charge is -2.20. The number of nitrogens with one attached hydrogen (secondary N) is 1. The van der Waals surface area contributed by atoms with Crippen LogP contribution in [0.15, 0.2) is 30.3 Å². The fraction of sp³-hybridized carbons (Fsp3) is 0.533. The maximum atomic E-state index is 12.2. The van der Waals surface area contributed by atoms with Gasteiger partial charge in [-0.1, -0.05) is 36.8 Å². The second-order valence-corrected chi connectivity index (χ2v) is 5.27. The summed E-state index contributed by atoms with van der Waals surface area (Å²) in [5.41, 5.74) is 1.32. The second-order valence-electron chi connectivity index (χ2n) is 5.27. The molecule has 0 bridgehead atoms. The van der Waals surface area contributed by atoms with Crippen LogP contribution < -0.4 is 5.32 Å². The summed E-state index contributed by atoms with van der Waals surface area (Å²) in [6.45, 7) is 0.963. The summed E-state index contributed by atoms with van der Waals surface area (Å²) >= 11 is 0. The van der Waals surface area contributed by atoms with Crippen LogP contribution in [0.5, 0.6) is 0 Å². The second kappa shape index (κ2) is 4.61. The topological polar surface area (TPSA) is 29.1 Å². The molecule has 17 heavy (non-hydrogen) atoms. The zero-order valence-corrected chi connectivity index (χ0v) is 10.1. The molecule has 0 aromatic heterocycles. The van der Waals surface area contributed by atoms with Crippen LogP contribution in [0.2, 0.25) is 0 Å². The largest absolute Gasteiger partial charge is 0.313 e. The summed E-state index contributed by atoms with van der Waals surface area (Å²) in [6, 6.07) is 10.9. The highest BCUT2D eigenvalue weighted by molar-refractivity contribution is 5.83. The number of hydrogen-bond acceptors (Lipinski definition) is 2. The van der Waals surface area contributed by atoms with E-state index in [4.69, 9.17) is 0 Å². The molecule has 1 heterocycles. The van der Waals surface area contributed by atoms with Crippen LogP contribution >= 0.6 is 0 Å². The Morgan fingerprint density at radius 1 is 1.12 bits per heavy atom. The molecule has 1 saturated carbocycles. The van der Waals surface area contributed by atoms with Crippen molar-refractivity contribution < 1.29 is 4.79 Å². The molecule has 1 aromatic carbocycles. The van der Waals surface area contributed by atoms with Crippen molar-refractivity contribution >= 4 is 5.78 Å². The van der Waals surface area contributed by atoms with Crippen molar-refractivity contribution in [1.82, 2.24) is 5.32 Å². The van der Waals surface area contributed by atoms with Gasteiger partial charge in [0.05, 0.1) is 0 Å². The van der Waals surface area contributed by atoms with Gasteiger partial charge in [-0.25, -0.2) is 0 Å². The number of ketones is 1. The normalized spacial score (nSPS) is 33.2. The molecule has 2 fully saturated rings. The molecule has 90 valence electrons. The van der Waals surface area contributed by atoms with Gasteiger partial charge in [0.25, 0.3) is 0 Å². The lowest BCUT2D eigenvalue weighted by Crippen LogP contribution is -2.30. The maximum absolute atomic E-state index is 12.2. The minimum Gasteiger partial charge on any atom is -0.313 e. The Labute approximate surface area is 102 Å². The van der Waals surface area contributed by atoms with Crippen molar-refractivity contribution in [1.29, 1.82) is 0 Å². The third-order valence-electron chi connectivity index (χ3n) is 4.25. The lowest BCUT2D eigenvalue weighted by atomic mass is 9.82. The van der Waals surface area contributed by atoms with E-state index in [1.54, 1.807) is 0 Å². The third kappa shape index (κ3) is 2.02. The maximum Gasteiger partial charge on any atom is 0.138 e. The van der Waals surface area contributed by atoms with Crippen molar-refractivity contribution in [3.05, 3.63) is 35.9 Å².